The maximum Gasteiger partial charge on any atom is 0.229 e. The van der Waals surface area contributed by atoms with Crippen LogP contribution >= 0.6 is 11.8 Å². The van der Waals surface area contributed by atoms with E-state index in [-0.39, 0.29) is 15.6 Å². The van der Waals surface area contributed by atoms with Crippen molar-refractivity contribution in [1.29, 1.82) is 0 Å². The number of para-hydroxylation sites is 1. The standard InChI is InChI=1S/C25H23N5O2S2/c1-16(2)17-11-13-20(14-12-17)34(31,32)25-24-27-23(26-18-7-6-8-19(15-18)33-3)21-9-4-5-10-22(21)30(24)29-28-25/h4-16H,1-3H3,(H,26,27). The summed E-state index contributed by atoms with van der Waals surface area (Å²) < 4.78 is 28.5. The molecule has 9 heteroatoms. The normalized spacial score (nSPS) is 12.0. The monoisotopic (exact) mass is 489 g/mol. The number of hydrogen-bond donors (Lipinski definition) is 1. The first kappa shape index (κ1) is 22.4. The number of hydrogen-bond acceptors (Lipinski definition) is 7. The van der Waals surface area contributed by atoms with Gasteiger partial charge in [0.1, 0.15) is 5.82 Å². The molecule has 172 valence electrons. The Morgan fingerprint density at radius 2 is 1.74 bits per heavy atom. The van der Waals surface area contributed by atoms with Crippen molar-refractivity contribution in [2.45, 2.75) is 34.6 Å². The topological polar surface area (TPSA) is 89.2 Å². The van der Waals surface area contributed by atoms with E-state index in [0.717, 1.165) is 21.5 Å². The summed E-state index contributed by atoms with van der Waals surface area (Å²) in [7, 11) is -3.92. The smallest absolute Gasteiger partial charge is 0.229 e. The van der Waals surface area contributed by atoms with E-state index in [4.69, 9.17) is 4.98 Å². The van der Waals surface area contributed by atoms with Crippen LogP contribution in [0.25, 0.3) is 16.6 Å². The zero-order valence-corrected chi connectivity index (χ0v) is 20.6. The molecular formula is C25H23N5O2S2. The van der Waals surface area contributed by atoms with E-state index in [9.17, 15) is 8.42 Å². The van der Waals surface area contributed by atoms with Gasteiger partial charge in [-0.15, -0.1) is 16.9 Å². The van der Waals surface area contributed by atoms with Gasteiger partial charge in [0.2, 0.25) is 14.9 Å². The molecule has 0 fully saturated rings. The zero-order chi connectivity index (χ0) is 23.9. The van der Waals surface area contributed by atoms with Gasteiger partial charge in [0.15, 0.2) is 5.65 Å². The second-order valence-electron chi connectivity index (χ2n) is 8.19. The molecule has 0 aliphatic rings. The molecule has 0 amide bonds. The highest BCUT2D eigenvalue weighted by Gasteiger charge is 2.27. The largest absolute Gasteiger partial charge is 0.340 e. The molecule has 0 radical (unpaired) electrons. The van der Waals surface area contributed by atoms with Crippen LogP contribution in [-0.4, -0.2) is 34.5 Å². The number of nitrogens with one attached hydrogen (secondary N) is 1. The number of aromatic nitrogens is 4. The van der Waals surface area contributed by atoms with Gasteiger partial charge in [0.05, 0.1) is 10.4 Å². The highest BCUT2D eigenvalue weighted by atomic mass is 32.2. The minimum Gasteiger partial charge on any atom is -0.340 e. The Kier molecular flexibility index (Phi) is 5.75. The Hall–Kier alpha value is -3.43. The maximum absolute atomic E-state index is 13.5. The lowest BCUT2D eigenvalue weighted by atomic mass is 10.0. The number of nitrogens with zero attached hydrogens (tertiary/aromatic N) is 4. The molecule has 5 aromatic rings. The van der Waals surface area contributed by atoms with Gasteiger partial charge in [-0.2, -0.15) is 4.52 Å². The van der Waals surface area contributed by atoms with Crippen molar-refractivity contribution in [3.8, 4) is 0 Å². The van der Waals surface area contributed by atoms with E-state index in [0.29, 0.717) is 17.3 Å². The van der Waals surface area contributed by atoms with E-state index >= 15 is 0 Å². The number of sulfone groups is 1. The molecule has 2 heterocycles. The van der Waals surface area contributed by atoms with Crippen LogP contribution in [0.2, 0.25) is 0 Å². The predicted molar refractivity (Wildman–Crippen MR) is 136 cm³/mol. The summed E-state index contributed by atoms with van der Waals surface area (Å²) in [6.07, 6.45) is 2.02. The minimum absolute atomic E-state index is 0.163. The lowest BCUT2D eigenvalue weighted by molar-refractivity contribution is 0.592. The van der Waals surface area contributed by atoms with E-state index < -0.39 is 9.84 Å². The molecule has 5 rings (SSSR count). The third kappa shape index (κ3) is 3.91. The van der Waals surface area contributed by atoms with E-state index in [2.05, 4.69) is 29.5 Å². The molecule has 0 saturated carbocycles. The van der Waals surface area contributed by atoms with E-state index in [1.807, 2.05) is 66.9 Å². The van der Waals surface area contributed by atoms with Crippen molar-refractivity contribution in [3.63, 3.8) is 0 Å². The number of anilines is 2. The molecule has 2 aromatic heterocycles. The maximum atomic E-state index is 13.5. The molecule has 0 aliphatic heterocycles. The Morgan fingerprint density at radius 1 is 0.971 bits per heavy atom. The predicted octanol–water partition coefficient (Wildman–Crippen LogP) is 5.70. The van der Waals surface area contributed by atoms with E-state index in [1.165, 1.54) is 4.52 Å². The van der Waals surface area contributed by atoms with Crippen LogP contribution in [0.1, 0.15) is 25.3 Å². The summed E-state index contributed by atoms with van der Waals surface area (Å²) in [6.45, 7) is 4.13. The first-order valence-corrected chi connectivity index (χ1v) is 13.5. The van der Waals surface area contributed by atoms with Crippen molar-refractivity contribution in [2.75, 3.05) is 11.6 Å². The highest BCUT2D eigenvalue weighted by Crippen LogP contribution is 2.30. The van der Waals surface area contributed by atoms with Crippen molar-refractivity contribution < 1.29 is 8.42 Å². The van der Waals surface area contributed by atoms with Crippen molar-refractivity contribution >= 4 is 49.7 Å². The molecule has 0 spiro atoms. The van der Waals surface area contributed by atoms with Crippen LogP contribution < -0.4 is 5.32 Å². The lowest BCUT2D eigenvalue weighted by Gasteiger charge is -2.11. The molecule has 0 aliphatic carbocycles. The minimum atomic E-state index is -3.92. The average Bonchev–Trinajstić information content (AvgIpc) is 3.29. The summed E-state index contributed by atoms with van der Waals surface area (Å²) >= 11 is 1.64. The Balaban J connectivity index is 1.67. The quantitative estimate of drug-likeness (QED) is 0.306. The van der Waals surface area contributed by atoms with Gasteiger partial charge in [-0.3, -0.25) is 0 Å². The number of fused-ring (bicyclic) bond motifs is 3. The third-order valence-corrected chi connectivity index (χ3v) is 8.06. The van der Waals surface area contributed by atoms with Gasteiger partial charge >= 0.3 is 0 Å². The first-order valence-electron chi connectivity index (χ1n) is 10.8. The molecule has 7 nitrogen and oxygen atoms in total. The molecule has 34 heavy (non-hydrogen) atoms. The summed E-state index contributed by atoms with van der Waals surface area (Å²) in [5, 5.41) is 12.2. The van der Waals surface area contributed by atoms with Crippen LogP contribution in [0.4, 0.5) is 11.5 Å². The number of rotatable bonds is 6. The summed E-state index contributed by atoms with van der Waals surface area (Å²) in [5.41, 5.74) is 2.81. The molecular weight excluding hydrogens is 466 g/mol. The van der Waals surface area contributed by atoms with E-state index in [1.54, 1.807) is 23.9 Å². The van der Waals surface area contributed by atoms with Crippen molar-refractivity contribution in [1.82, 2.24) is 19.8 Å². The second kappa shape index (κ2) is 8.73. The second-order valence-corrected chi connectivity index (χ2v) is 10.9. The van der Waals surface area contributed by atoms with Crippen molar-refractivity contribution in [2.24, 2.45) is 0 Å². The van der Waals surface area contributed by atoms with Gasteiger partial charge in [0, 0.05) is 16.0 Å². The van der Waals surface area contributed by atoms with Gasteiger partial charge in [-0.05, 0) is 60.2 Å². The molecule has 0 atom stereocenters. The van der Waals surface area contributed by atoms with Crippen LogP contribution in [0, 0.1) is 0 Å². The summed E-state index contributed by atoms with van der Waals surface area (Å²) in [4.78, 5) is 5.96. The first-order chi connectivity index (χ1) is 16.4. The number of benzene rings is 3. The van der Waals surface area contributed by atoms with Crippen LogP contribution in [-0.2, 0) is 9.84 Å². The number of thioether (sulfide) groups is 1. The van der Waals surface area contributed by atoms with Gasteiger partial charge in [0.25, 0.3) is 0 Å². The van der Waals surface area contributed by atoms with Gasteiger partial charge in [-0.1, -0.05) is 49.4 Å². The molecule has 0 unspecified atom stereocenters. The molecule has 1 N–H and O–H groups in total. The van der Waals surface area contributed by atoms with Gasteiger partial charge < -0.3 is 5.32 Å². The van der Waals surface area contributed by atoms with Crippen molar-refractivity contribution in [3.05, 3.63) is 78.4 Å². The fourth-order valence-electron chi connectivity index (χ4n) is 3.80. The fraction of sp³-hybridized carbons (Fsp3) is 0.160. The highest BCUT2D eigenvalue weighted by molar-refractivity contribution is 7.98. The van der Waals surface area contributed by atoms with Crippen LogP contribution in [0.5, 0.6) is 0 Å². The molecule has 0 bridgehead atoms. The fourth-order valence-corrected chi connectivity index (χ4v) is 5.49. The molecule has 3 aromatic carbocycles. The average molecular weight is 490 g/mol. The Morgan fingerprint density at radius 3 is 2.47 bits per heavy atom. The third-order valence-electron chi connectivity index (χ3n) is 5.67. The lowest BCUT2D eigenvalue weighted by Crippen LogP contribution is -2.06. The summed E-state index contributed by atoms with van der Waals surface area (Å²) in [5.74, 6) is 0.841. The Labute approximate surface area is 202 Å². The van der Waals surface area contributed by atoms with Crippen LogP contribution in [0.3, 0.4) is 0 Å². The van der Waals surface area contributed by atoms with Gasteiger partial charge in [-0.25, -0.2) is 13.4 Å². The molecule has 0 saturated heterocycles. The summed E-state index contributed by atoms with van der Waals surface area (Å²) in [6, 6.07) is 22.4. The SMILES string of the molecule is CSc1cccc(Nc2nc3c(S(=O)(=O)c4ccc(C(C)C)cc4)nnn3c3ccccc23)c1. The zero-order valence-electron chi connectivity index (χ0n) is 18.9. The van der Waals surface area contributed by atoms with Crippen LogP contribution in [0.15, 0.2) is 87.6 Å². The Bertz CT molecular complexity index is 1610.